The smallest absolute Gasteiger partial charge is 0.242 e. The zero-order chi connectivity index (χ0) is 17.7. The maximum atomic E-state index is 12.3. The minimum atomic E-state index is -0.892. The molecule has 1 radical (unpaired) electrons. The summed E-state index contributed by atoms with van der Waals surface area (Å²) in [5.41, 5.74) is 8.13. The van der Waals surface area contributed by atoms with Crippen molar-refractivity contribution in [1.82, 2.24) is 5.32 Å². The van der Waals surface area contributed by atoms with E-state index in [1.54, 1.807) is 0 Å². The predicted octanol–water partition coefficient (Wildman–Crippen LogP) is 2.10. The van der Waals surface area contributed by atoms with Gasteiger partial charge in [-0.2, -0.15) is 0 Å². The Morgan fingerprint density at radius 3 is 2.68 bits per heavy atom. The highest BCUT2D eigenvalue weighted by atomic mass is 16.3. The summed E-state index contributed by atoms with van der Waals surface area (Å²) in [6.45, 7) is 0.296. The van der Waals surface area contributed by atoms with Crippen LogP contribution in [0.2, 0.25) is 0 Å². The summed E-state index contributed by atoms with van der Waals surface area (Å²) < 4.78 is 0. The first-order valence-corrected chi connectivity index (χ1v) is 8.80. The number of hydrogen-bond donors (Lipinski definition) is 3. The van der Waals surface area contributed by atoms with Crippen LogP contribution in [-0.2, 0) is 23.2 Å². The fourth-order valence-electron chi connectivity index (χ4n) is 3.61. The molecule has 0 aliphatic heterocycles. The third-order valence-corrected chi connectivity index (χ3v) is 4.98. The van der Waals surface area contributed by atoms with Crippen LogP contribution < -0.4 is 11.1 Å². The molecule has 0 saturated carbocycles. The summed E-state index contributed by atoms with van der Waals surface area (Å²) in [7, 11) is 0. The molecule has 4 heteroatoms. The van der Waals surface area contributed by atoms with Crippen molar-refractivity contribution in [2.24, 2.45) is 5.73 Å². The van der Waals surface area contributed by atoms with Crippen LogP contribution >= 0.6 is 0 Å². The van der Waals surface area contributed by atoms with Crippen molar-refractivity contribution in [2.45, 2.75) is 37.3 Å². The van der Waals surface area contributed by atoms with E-state index in [1.807, 2.05) is 61.0 Å². The number of aliphatic hydroxyl groups is 1. The van der Waals surface area contributed by atoms with Crippen molar-refractivity contribution in [1.29, 1.82) is 0 Å². The van der Waals surface area contributed by atoms with Gasteiger partial charge in [0.15, 0.2) is 0 Å². The van der Waals surface area contributed by atoms with E-state index in [1.165, 1.54) is 0 Å². The van der Waals surface area contributed by atoms with Crippen LogP contribution in [0.1, 0.15) is 29.5 Å². The Balaban J connectivity index is 1.66. The van der Waals surface area contributed by atoms with Gasteiger partial charge in [-0.15, -0.1) is 0 Å². The maximum absolute atomic E-state index is 12.3. The Bertz CT molecular complexity index is 717. The quantitative estimate of drug-likeness (QED) is 0.724. The summed E-state index contributed by atoms with van der Waals surface area (Å²) in [6.07, 6.45) is 4.40. The van der Waals surface area contributed by atoms with E-state index in [2.05, 4.69) is 5.32 Å². The molecule has 0 heterocycles. The molecule has 1 aliphatic rings. The number of rotatable bonds is 7. The number of primary amides is 1. The second-order valence-electron chi connectivity index (χ2n) is 6.65. The lowest BCUT2D eigenvalue weighted by molar-refractivity contribution is -0.125. The molecule has 0 spiro atoms. The SMILES string of the molecule is NC(=O)[C@]1(NC[C@H](O)[CH]Cc2ccccc2)CCCc2ccccc21. The third-order valence-electron chi connectivity index (χ3n) is 4.98. The lowest BCUT2D eigenvalue weighted by Crippen LogP contribution is -2.56. The fourth-order valence-corrected chi connectivity index (χ4v) is 3.61. The van der Waals surface area contributed by atoms with Crippen molar-refractivity contribution in [3.05, 3.63) is 77.7 Å². The van der Waals surface area contributed by atoms with Crippen molar-refractivity contribution in [3.63, 3.8) is 0 Å². The minimum absolute atomic E-state index is 0.296. The first kappa shape index (κ1) is 17.6. The van der Waals surface area contributed by atoms with E-state index < -0.39 is 11.6 Å². The van der Waals surface area contributed by atoms with Crippen molar-refractivity contribution in [3.8, 4) is 0 Å². The second kappa shape index (κ2) is 7.81. The second-order valence-corrected chi connectivity index (χ2v) is 6.65. The molecule has 2 aromatic carbocycles. The normalized spacial score (nSPS) is 20.7. The van der Waals surface area contributed by atoms with Crippen LogP contribution in [0.5, 0.6) is 0 Å². The summed E-state index contributed by atoms with van der Waals surface area (Å²) in [4.78, 5) is 12.3. The fraction of sp³-hybridized carbons (Fsp3) is 0.333. The van der Waals surface area contributed by atoms with E-state index in [9.17, 15) is 9.90 Å². The van der Waals surface area contributed by atoms with Crippen molar-refractivity contribution < 1.29 is 9.90 Å². The molecule has 1 amide bonds. The highest BCUT2D eigenvalue weighted by Crippen LogP contribution is 2.35. The van der Waals surface area contributed by atoms with E-state index in [0.717, 1.165) is 29.5 Å². The summed E-state index contributed by atoms with van der Waals surface area (Å²) in [5, 5.41) is 13.6. The molecule has 131 valence electrons. The van der Waals surface area contributed by atoms with Crippen LogP contribution in [-0.4, -0.2) is 23.7 Å². The van der Waals surface area contributed by atoms with Gasteiger partial charge in [0.1, 0.15) is 5.54 Å². The van der Waals surface area contributed by atoms with Crippen LogP contribution in [0.4, 0.5) is 0 Å². The average Bonchev–Trinajstić information content (AvgIpc) is 2.65. The topological polar surface area (TPSA) is 75.4 Å². The van der Waals surface area contributed by atoms with E-state index in [0.29, 0.717) is 19.4 Å². The lowest BCUT2D eigenvalue weighted by Gasteiger charge is -2.38. The first-order chi connectivity index (χ1) is 12.1. The van der Waals surface area contributed by atoms with E-state index in [-0.39, 0.29) is 5.91 Å². The number of nitrogens with one attached hydrogen (secondary N) is 1. The number of aliphatic hydroxyl groups excluding tert-OH is 1. The van der Waals surface area contributed by atoms with Crippen LogP contribution in [0.15, 0.2) is 54.6 Å². The third kappa shape index (κ3) is 3.91. The Morgan fingerprint density at radius 2 is 1.92 bits per heavy atom. The number of carbonyl (C=O) groups is 1. The zero-order valence-electron chi connectivity index (χ0n) is 14.3. The number of amides is 1. The van der Waals surface area contributed by atoms with Gasteiger partial charge in [0.05, 0.1) is 6.10 Å². The number of aryl methyl sites for hydroxylation is 1. The molecule has 0 fully saturated rings. The molecule has 4 nitrogen and oxygen atoms in total. The van der Waals surface area contributed by atoms with Gasteiger partial charge in [-0.3, -0.25) is 10.1 Å². The molecule has 3 rings (SSSR count). The highest BCUT2D eigenvalue weighted by molar-refractivity contribution is 5.87. The molecular weight excluding hydrogens is 312 g/mol. The maximum Gasteiger partial charge on any atom is 0.242 e. The van der Waals surface area contributed by atoms with Gasteiger partial charge in [0.2, 0.25) is 5.91 Å². The Morgan fingerprint density at radius 1 is 1.20 bits per heavy atom. The molecule has 2 atom stereocenters. The average molecular weight is 337 g/mol. The van der Waals surface area contributed by atoms with Gasteiger partial charge in [-0.1, -0.05) is 54.6 Å². The molecule has 25 heavy (non-hydrogen) atoms. The summed E-state index contributed by atoms with van der Waals surface area (Å²) in [6, 6.07) is 17.9. The van der Waals surface area contributed by atoms with Gasteiger partial charge in [-0.05, 0) is 48.8 Å². The number of benzene rings is 2. The largest absolute Gasteiger partial charge is 0.391 e. The number of carbonyl (C=O) groups excluding carboxylic acids is 1. The van der Waals surface area contributed by atoms with Gasteiger partial charge >= 0.3 is 0 Å². The van der Waals surface area contributed by atoms with Crippen LogP contribution in [0, 0.1) is 6.42 Å². The Kier molecular flexibility index (Phi) is 5.51. The number of hydrogen-bond acceptors (Lipinski definition) is 3. The molecule has 0 unspecified atom stereocenters. The Labute approximate surface area is 149 Å². The minimum Gasteiger partial charge on any atom is -0.391 e. The van der Waals surface area contributed by atoms with Gasteiger partial charge in [-0.25, -0.2) is 0 Å². The molecule has 0 aromatic heterocycles. The van der Waals surface area contributed by atoms with E-state index >= 15 is 0 Å². The van der Waals surface area contributed by atoms with Crippen molar-refractivity contribution >= 4 is 5.91 Å². The molecule has 0 bridgehead atoms. The predicted molar refractivity (Wildman–Crippen MR) is 98.7 cm³/mol. The van der Waals surface area contributed by atoms with Gasteiger partial charge in [0.25, 0.3) is 0 Å². The molecule has 1 aliphatic carbocycles. The zero-order valence-corrected chi connectivity index (χ0v) is 14.3. The first-order valence-electron chi connectivity index (χ1n) is 8.80. The Hall–Kier alpha value is -2.17. The number of nitrogens with two attached hydrogens (primary N) is 1. The van der Waals surface area contributed by atoms with Crippen LogP contribution in [0.3, 0.4) is 0 Å². The molecule has 2 aromatic rings. The molecular formula is C21H25N2O2. The van der Waals surface area contributed by atoms with Gasteiger partial charge < -0.3 is 10.8 Å². The monoisotopic (exact) mass is 337 g/mol. The van der Waals surface area contributed by atoms with Crippen LogP contribution in [0.25, 0.3) is 0 Å². The summed E-state index contributed by atoms with van der Waals surface area (Å²) in [5.74, 6) is -0.380. The van der Waals surface area contributed by atoms with Crippen molar-refractivity contribution in [2.75, 3.05) is 6.54 Å². The standard InChI is InChI=1S/C21H25N2O2/c22-20(25)21(14-6-10-17-9-4-5-11-19(17)21)23-15-18(24)13-12-16-7-2-1-3-8-16/h1-5,7-9,11,13,18,23-24H,6,10,12,14-15H2,(H2,22,25)/t18-,21+/m1/s1. The van der Waals surface area contributed by atoms with E-state index in [4.69, 9.17) is 5.73 Å². The number of fused-ring (bicyclic) bond motifs is 1. The molecule has 4 N–H and O–H groups in total. The summed E-state index contributed by atoms with van der Waals surface area (Å²) >= 11 is 0. The molecule has 0 saturated heterocycles. The lowest BCUT2D eigenvalue weighted by atomic mass is 9.76. The highest BCUT2D eigenvalue weighted by Gasteiger charge is 2.41. The van der Waals surface area contributed by atoms with Gasteiger partial charge in [0, 0.05) is 6.54 Å².